The lowest BCUT2D eigenvalue weighted by Crippen LogP contribution is -2.09. The molecular formula is C36H26N4. The number of rotatable bonds is 6. The molecule has 4 nitrogen and oxygen atoms in total. The summed E-state index contributed by atoms with van der Waals surface area (Å²) in [5.74, 6) is 0. The van der Waals surface area contributed by atoms with E-state index in [1.807, 2.05) is 30.3 Å². The van der Waals surface area contributed by atoms with Crippen molar-refractivity contribution in [1.29, 1.82) is 10.8 Å². The van der Waals surface area contributed by atoms with Gasteiger partial charge in [-0.25, -0.2) is 0 Å². The van der Waals surface area contributed by atoms with Gasteiger partial charge in [0.15, 0.2) is 0 Å². The molecular weight excluding hydrogens is 488 g/mol. The molecule has 2 N–H and O–H groups in total. The van der Waals surface area contributed by atoms with Crippen molar-refractivity contribution in [1.82, 2.24) is 4.57 Å². The molecule has 7 rings (SSSR count). The molecule has 1 heterocycles. The summed E-state index contributed by atoms with van der Waals surface area (Å²) in [6, 6.07) is 46.3. The molecule has 0 atom stereocenters. The van der Waals surface area contributed by atoms with E-state index < -0.39 is 0 Å². The van der Waals surface area contributed by atoms with Crippen molar-refractivity contribution >= 4 is 62.1 Å². The SMILES string of the molecule is N=Cc1cccc(-n2c3ccc(N(c4ccccc4)c4ccccc4)cc3c3c4ccccc4ccc32)c1C=N. The van der Waals surface area contributed by atoms with Gasteiger partial charge in [-0.1, -0.05) is 78.9 Å². The van der Waals surface area contributed by atoms with Gasteiger partial charge in [-0.2, -0.15) is 0 Å². The zero-order chi connectivity index (χ0) is 27.1. The predicted molar refractivity (Wildman–Crippen MR) is 169 cm³/mol. The van der Waals surface area contributed by atoms with Gasteiger partial charge < -0.3 is 20.3 Å². The van der Waals surface area contributed by atoms with Crippen LogP contribution in [0.3, 0.4) is 0 Å². The van der Waals surface area contributed by atoms with Crippen LogP contribution in [-0.2, 0) is 0 Å². The highest BCUT2D eigenvalue weighted by Crippen LogP contribution is 2.42. The molecule has 0 radical (unpaired) electrons. The molecule has 0 bridgehead atoms. The lowest BCUT2D eigenvalue weighted by Gasteiger charge is -2.25. The Labute approximate surface area is 232 Å². The van der Waals surface area contributed by atoms with E-state index in [-0.39, 0.29) is 0 Å². The summed E-state index contributed by atoms with van der Waals surface area (Å²) in [6.07, 6.45) is 2.68. The quantitative estimate of drug-likeness (QED) is 0.213. The van der Waals surface area contributed by atoms with Gasteiger partial charge in [-0.05, 0) is 65.4 Å². The van der Waals surface area contributed by atoms with Gasteiger partial charge in [0.2, 0.25) is 0 Å². The largest absolute Gasteiger partial charge is 0.310 e. The van der Waals surface area contributed by atoms with Crippen LogP contribution < -0.4 is 4.90 Å². The second-order valence-corrected chi connectivity index (χ2v) is 9.79. The van der Waals surface area contributed by atoms with Gasteiger partial charge in [-0.15, -0.1) is 0 Å². The van der Waals surface area contributed by atoms with Gasteiger partial charge in [0.1, 0.15) is 0 Å². The Hall–Kier alpha value is -5.48. The van der Waals surface area contributed by atoms with Crippen molar-refractivity contribution in [2.24, 2.45) is 0 Å². The van der Waals surface area contributed by atoms with E-state index in [0.29, 0.717) is 0 Å². The van der Waals surface area contributed by atoms with E-state index in [0.717, 1.165) is 50.3 Å². The number of para-hydroxylation sites is 2. The summed E-state index contributed by atoms with van der Waals surface area (Å²) in [5.41, 5.74) is 7.71. The molecule has 40 heavy (non-hydrogen) atoms. The van der Waals surface area contributed by atoms with E-state index in [1.54, 1.807) is 0 Å². The second-order valence-electron chi connectivity index (χ2n) is 9.79. The second kappa shape index (κ2) is 9.68. The molecule has 0 fully saturated rings. The fraction of sp³-hybridized carbons (Fsp3) is 0. The maximum Gasteiger partial charge on any atom is 0.0556 e. The first kappa shape index (κ1) is 23.6. The summed E-state index contributed by atoms with van der Waals surface area (Å²) >= 11 is 0. The summed E-state index contributed by atoms with van der Waals surface area (Å²) in [5, 5.41) is 20.8. The molecule has 0 saturated carbocycles. The van der Waals surface area contributed by atoms with Crippen LogP contribution in [0, 0.1) is 10.8 Å². The summed E-state index contributed by atoms with van der Waals surface area (Å²) < 4.78 is 2.24. The minimum Gasteiger partial charge on any atom is -0.310 e. The molecule has 0 spiro atoms. The van der Waals surface area contributed by atoms with Crippen molar-refractivity contribution in [2.45, 2.75) is 0 Å². The molecule has 0 saturated heterocycles. The predicted octanol–water partition coefficient (Wildman–Crippen LogP) is 9.40. The Kier molecular flexibility index (Phi) is 5.72. The Bertz CT molecular complexity index is 2000. The van der Waals surface area contributed by atoms with Crippen molar-refractivity contribution in [3.05, 3.63) is 145 Å². The minimum absolute atomic E-state index is 0.722. The Morgan fingerprint density at radius 3 is 1.90 bits per heavy atom. The Morgan fingerprint density at radius 1 is 0.525 bits per heavy atom. The van der Waals surface area contributed by atoms with Gasteiger partial charge in [-0.3, -0.25) is 0 Å². The minimum atomic E-state index is 0.722. The zero-order valence-electron chi connectivity index (χ0n) is 21.8. The highest BCUT2D eigenvalue weighted by atomic mass is 15.1. The highest BCUT2D eigenvalue weighted by Gasteiger charge is 2.20. The Balaban J connectivity index is 1.59. The van der Waals surface area contributed by atoms with Crippen molar-refractivity contribution in [3.63, 3.8) is 0 Å². The Morgan fingerprint density at radius 2 is 1.20 bits per heavy atom. The number of nitrogens with zero attached hydrogens (tertiary/aromatic N) is 2. The van der Waals surface area contributed by atoms with E-state index in [9.17, 15) is 0 Å². The lowest BCUT2D eigenvalue weighted by atomic mass is 10.0. The van der Waals surface area contributed by atoms with E-state index in [2.05, 4.69) is 113 Å². The first-order valence-electron chi connectivity index (χ1n) is 13.3. The molecule has 1 aromatic heterocycles. The van der Waals surface area contributed by atoms with Crippen LogP contribution in [0.25, 0.3) is 38.3 Å². The molecule has 190 valence electrons. The fourth-order valence-electron chi connectivity index (χ4n) is 5.83. The number of benzene rings is 6. The summed E-state index contributed by atoms with van der Waals surface area (Å²) in [7, 11) is 0. The maximum atomic E-state index is 8.21. The van der Waals surface area contributed by atoms with Gasteiger partial charge in [0.05, 0.1) is 16.7 Å². The average molecular weight is 515 g/mol. The van der Waals surface area contributed by atoms with Crippen LogP contribution in [-0.4, -0.2) is 17.0 Å². The molecule has 0 aliphatic rings. The first-order chi connectivity index (χ1) is 19.8. The number of hydrogen-bond acceptors (Lipinski definition) is 3. The molecule has 7 aromatic rings. The first-order valence-corrected chi connectivity index (χ1v) is 13.3. The molecule has 0 aliphatic carbocycles. The molecule has 4 heteroatoms. The highest BCUT2D eigenvalue weighted by molar-refractivity contribution is 6.22. The number of anilines is 3. The van der Waals surface area contributed by atoms with Gasteiger partial charge >= 0.3 is 0 Å². The van der Waals surface area contributed by atoms with E-state index in [4.69, 9.17) is 10.8 Å². The van der Waals surface area contributed by atoms with Gasteiger partial charge in [0, 0.05) is 51.4 Å². The molecule has 0 unspecified atom stereocenters. The smallest absolute Gasteiger partial charge is 0.0556 e. The van der Waals surface area contributed by atoms with Gasteiger partial charge in [0.25, 0.3) is 0 Å². The molecule has 6 aromatic carbocycles. The van der Waals surface area contributed by atoms with E-state index >= 15 is 0 Å². The zero-order valence-corrected chi connectivity index (χ0v) is 21.8. The molecule has 0 amide bonds. The topological polar surface area (TPSA) is 55.9 Å². The normalized spacial score (nSPS) is 11.2. The van der Waals surface area contributed by atoms with Crippen LogP contribution in [0.1, 0.15) is 11.1 Å². The number of aromatic nitrogens is 1. The van der Waals surface area contributed by atoms with Crippen LogP contribution >= 0.6 is 0 Å². The van der Waals surface area contributed by atoms with Crippen molar-refractivity contribution in [2.75, 3.05) is 4.90 Å². The molecule has 0 aliphatic heterocycles. The van der Waals surface area contributed by atoms with Crippen LogP contribution in [0.5, 0.6) is 0 Å². The van der Waals surface area contributed by atoms with E-state index in [1.165, 1.54) is 28.6 Å². The fourth-order valence-corrected chi connectivity index (χ4v) is 5.83. The summed E-state index contributed by atoms with van der Waals surface area (Å²) in [6.45, 7) is 0. The lowest BCUT2D eigenvalue weighted by molar-refractivity contribution is 1.17. The third-order valence-corrected chi connectivity index (χ3v) is 7.58. The van der Waals surface area contributed by atoms with Crippen molar-refractivity contribution in [3.8, 4) is 5.69 Å². The van der Waals surface area contributed by atoms with Crippen LogP contribution in [0.2, 0.25) is 0 Å². The third kappa shape index (κ3) is 3.69. The number of nitrogens with one attached hydrogen (secondary N) is 2. The standard InChI is InChI=1S/C36H26N4/c37-23-26-11-9-17-33(32(26)24-38)40-34-21-19-29(39(27-12-3-1-4-13-27)28-14-5-2-6-15-28)22-31(34)36-30-16-8-7-10-25(30)18-20-35(36)40/h1-24,37-38H. The summed E-state index contributed by atoms with van der Waals surface area (Å²) in [4.78, 5) is 2.28. The monoisotopic (exact) mass is 514 g/mol. The number of fused-ring (bicyclic) bond motifs is 5. The van der Waals surface area contributed by atoms with Crippen molar-refractivity contribution < 1.29 is 0 Å². The third-order valence-electron chi connectivity index (χ3n) is 7.58. The average Bonchev–Trinajstić information content (AvgIpc) is 3.36. The van der Waals surface area contributed by atoms with Crippen LogP contribution in [0.4, 0.5) is 17.1 Å². The number of hydrogen-bond donors (Lipinski definition) is 2. The maximum absolute atomic E-state index is 8.21. The van der Waals surface area contributed by atoms with Crippen LogP contribution in [0.15, 0.2) is 133 Å².